The van der Waals surface area contributed by atoms with Gasteiger partial charge in [-0.05, 0) is 59.5 Å². The molecule has 0 radical (unpaired) electrons. The van der Waals surface area contributed by atoms with E-state index in [4.69, 9.17) is 0 Å². The van der Waals surface area contributed by atoms with Crippen molar-refractivity contribution in [3.8, 4) is 0 Å². The van der Waals surface area contributed by atoms with Crippen LogP contribution in [0.4, 0.5) is 8.78 Å². The Morgan fingerprint density at radius 2 is 1.41 bits per heavy atom. The zero-order chi connectivity index (χ0) is 28.7. The van der Waals surface area contributed by atoms with E-state index in [1.807, 2.05) is 18.2 Å². The molecular weight excluding hydrogens is 530 g/mol. The largest absolute Gasteiger partial charge is 0.297 e. The molecule has 4 amide bonds. The van der Waals surface area contributed by atoms with Gasteiger partial charge in [-0.2, -0.15) is 0 Å². The summed E-state index contributed by atoms with van der Waals surface area (Å²) in [5.74, 6) is -2.79. The first-order valence-electron chi connectivity index (χ1n) is 13.6. The Morgan fingerprint density at radius 1 is 0.780 bits per heavy atom. The number of imide groups is 2. The highest BCUT2D eigenvalue weighted by Crippen LogP contribution is 2.32. The van der Waals surface area contributed by atoms with Gasteiger partial charge in [-0.25, -0.2) is 8.78 Å². The summed E-state index contributed by atoms with van der Waals surface area (Å²) in [4.78, 5) is 55.4. The lowest BCUT2D eigenvalue weighted by Gasteiger charge is -2.40. The lowest BCUT2D eigenvalue weighted by Crippen LogP contribution is -2.54. The quantitative estimate of drug-likeness (QED) is 0.468. The van der Waals surface area contributed by atoms with Crippen LogP contribution in [0.1, 0.15) is 56.3 Å². The van der Waals surface area contributed by atoms with Gasteiger partial charge < -0.3 is 0 Å². The van der Waals surface area contributed by atoms with Gasteiger partial charge in [0.25, 0.3) is 11.8 Å². The first-order valence-corrected chi connectivity index (χ1v) is 13.6. The molecule has 1 N–H and O–H groups in total. The van der Waals surface area contributed by atoms with Crippen molar-refractivity contribution in [2.24, 2.45) is 0 Å². The SMILES string of the molecule is O=C1CCC(N2C(=O)c3ccc(CN4CCN(C(c5cccc(F)c5)c5cccc(F)c5)CC4)cc3C2=O)C(=O)N1. The lowest BCUT2D eigenvalue weighted by molar-refractivity contribution is -0.136. The molecule has 41 heavy (non-hydrogen) atoms. The number of nitrogens with zero attached hydrogens (tertiary/aromatic N) is 3. The normalized spacial score (nSPS) is 20.1. The highest BCUT2D eigenvalue weighted by atomic mass is 19.1. The molecule has 10 heteroatoms. The highest BCUT2D eigenvalue weighted by molar-refractivity contribution is 6.23. The van der Waals surface area contributed by atoms with Crippen LogP contribution in [0, 0.1) is 11.6 Å². The molecule has 3 aliphatic heterocycles. The van der Waals surface area contributed by atoms with Crippen LogP contribution in [0.3, 0.4) is 0 Å². The van der Waals surface area contributed by atoms with Crippen molar-refractivity contribution in [2.45, 2.75) is 31.5 Å². The maximum atomic E-state index is 14.1. The second-order valence-electron chi connectivity index (χ2n) is 10.7. The summed E-state index contributed by atoms with van der Waals surface area (Å²) in [5, 5.41) is 2.21. The number of hydrogen-bond acceptors (Lipinski definition) is 6. The third-order valence-electron chi connectivity index (χ3n) is 8.01. The summed E-state index contributed by atoms with van der Waals surface area (Å²) in [6.07, 6.45) is 0.180. The Hall–Kier alpha value is -4.28. The Bertz CT molecular complexity index is 1510. The van der Waals surface area contributed by atoms with E-state index in [1.54, 1.807) is 24.3 Å². The standard InChI is InChI=1S/C31H28F2N4O4/c32-22-5-1-3-20(16-22)28(21-4-2-6-23(33)17-21)36-13-11-35(12-14-36)18-19-7-8-24-25(15-19)31(41)37(30(24)40)26-9-10-27(38)34-29(26)39/h1-8,15-17,26,28H,9-14,18H2,(H,34,38,39). The molecule has 1 unspecified atom stereocenters. The van der Waals surface area contributed by atoms with Gasteiger partial charge >= 0.3 is 0 Å². The zero-order valence-electron chi connectivity index (χ0n) is 22.2. The maximum Gasteiger partial charge on any atom is 0.262 e. The smallest absolute Gasteiger partial charge is 0.262 e. The molecule has 2 saturated heterocycles. The fraction of sp³-hybridized carbons (Fsp3) is 0.290. The van der Waals surface area contributed by atoms with Crippen LogP contribution in [0.15, 0.2) is 66.7 Å². The van der Waals surface area contributed by atoms with Gasteiger partial charge in [0.15, 0.2) is 0 Å². The van der Waals surface area contributed by atoms with Crippen molar-refractivity contribution in [2.75, 3.05) is 26.2 Å². The number of rotatable bonds is 6. The summed E-state index contributed by atoms with van der Waals surface area (Å²) in [6, 6.07) is 16.6. The summed E-state index contributed by atoms with van der Waals surface area (Å²) in [6.45, 7) is 3.24. The summed E-state index contributed by atoms with van der Waals surface area (Å²) in [5.41, 5.74) is 2.88. The van der Waals surface area contributed by atoms with Crippen LogP contribution in [-0.2, 0) is 16.1 Å². The number of piperidine rings is 1. The molecule has 0 saturated carbocycles. The second kappa shape index (κ2) is 10.9. The predicted molar refractivity (Wildman–Crippen MR) is 145 cm³/mol. The molecule has 3 aromatic rings. The minimum atomic E-state index is -0.999. The number of halogens is 2. The minimum absolute atomic E-state index is 0.0698. The van der Waals surface area contributed by atoms with Crippen molar-refractivity contribution in [3.63, 3.8) is 0 Å². The van der Waals surface area contributed by atoms with Crippen molar-refractivity contribution in [3.05, 3.63) is 106 Å². The van der Waals surface area contributed by atoms with Gasteiger partial charge in [-0.1, -0.05) is 30.3 Å². The van der Waals surface area contributed by atoms with E-state index in [2.05, 4.69) is 15.1 Å². The molecule has 0 bridgehead atoms. The van der Waals surface area contributed by atoms with Gasteiger partial charge in [-0.3, -0.25) is 39.2 Å². The van der Waals surface area contributed by atoms with Gasteiger partial charge in [0.1, 0.15) is 17.7 Å². The second-order valence-corrected chi connectivity index (χ2v) is 10.7. The van der Waals surface area contributed by atoms with E-state index in [1.165, 1.54) is 24.3 Å². The number of piperazine rings is 1. The zero-order valence-corrected chi connectivity index (χ0v) is 22.2. The van der Waals surface area contributed by atoms with Crippen LogP contribution in [0.2, 0.25) is 0 Å². The van der Waals surface area contributed by atoms with E-state index in [9.17, 15) is 28.0 Å². The van der Waals surface area contributed by atoms with Gasteiger partial charge in [0.2, 0.25) is 11.8 Å². The number of nitrogens with one attached hydrogen (secondary N) is 1. The maximum absolute atomic E-state index is 14.1. The summed E-state index contributed by atoms with van der Waals surface area (Å²) in [7, 11) is 0. The number of benzene rings is 3. The number of hydrogen-bond donors (Lipinski definition) is 1. The molecule has 3 aromatic carbocycles. The number of fused-ring (bicyclic) bond motifs is 1. The fourth-order valence-corrected chi connectivity index (χ4v) is 6.02. The van der Waals surface area contributed by atoms with Crippen LogP contribution in [-0.4, -0.2) is 70.5 Å². The van der Waals surface area contributed by atoms with E-state index < -0.39 is 29.7 Å². The minimum Gasteiger partial charge on any atom is -0.297 e. The fourth-order valence-electron chi connectivity index (χ4n) is 6.02. The molecule has 6 rings (SSSR count). The van der Waals surface area contributed by atoms with Crippen LogP contribution < -0.4 is 5.32 Å². The van der Waals surface area contributed by atoms with E-state index in [-0.39, 0.29) is 41.6 Å². The topological polar surface area (TPSA) is 90.0 Å². The Kier molecular flexibility index (Phi) is 7.19. The monoisotopic (exact) mass is 558 g/mol. The molecule has 0 aliphatic carbocycles. The van der Waals surface area contributed by atoms with Gasteiger partial charge in [0, 0.05) is 39.1 Å². The number of carbonyl (C=O) groups excluding carboxylic acids is 4. The summed E-state index contributed by atoms with van der Waals surface area (Å²) < 4.78 is 28.2. The Labute approximate surface area is 235 Å². The van der Waals surface area contributed by atoms with E-state index in [0.29, 0.717) is 32.7 Å². The molecule has 210 valence electrons. The molecule has 2 fully saturated rings. The molecule has 3 heterocycles. The molecule has 1 atom stereocenters. The molecule has 0 spiro atoms. The number of carbonyl (C=O) groups is 4. The van der Waals surface area contributed by atoms with E-state index in [0.717, 1.165) is 21.6 Å². The lowest BCUT2D eigenvalue weighted by atomic mass is 9.96. The average Bonchev–Trinajstić information content (AvgIpc) is 3.19. The van der Waals surface area contributed by atoms with Crippen molar-refractivity contribution in [1.29, 1.82) is 0 Å². The Balaban J connectivity index is 1.15. The van der Waals surface area contributed by atoms with Crippen molar-refractivity contribution >= 4 is 23.6 Å². The number of amides is 4. The van der Waals surface area contributed by atoms with E-state index >= 15 is 0 Å². The van der Waals surface area contributed by atoms with Crippen molar-refractivity contribution < 1.29 is 28.0 Å². The third kappa shape index (κ3) is 5.28. The van der Waals surface area contributed by atoms with Crippen LogP contribution in [0.5, 0.6) is 0 Å². The molecule has 0 aromatic heterocycles. The Morgan fingerprint density at radius 3 is 2.02 bits per heavy atom. The average molecular weight is 559 g/mol. The molecular formula is C31H28F2N4O4. The molecule has 8 nitrogen and oxygen atoms in total. The highest BCUT2D eigenvalue weighted by Gasteiger charge is 2.44. The predicted octanol–water partition coefficient (Wildman–Crippen LogP) is 3.27. The first kappa shape index (κ1) is 26.9. The van der Waals surface area contributed by atoms with Crippen LogP contribution in [0.25, 0.3) is 0 Å². The summed E-state index contributed by atoms with van der Waals surface area (Å²) >= 11 is 0. The third-order valence-corrected chi connectivity index (χ3v) is 8.01. The van der Waals surface area contributed by atoms with Crippen LogP contribution >= 0.6 is 0 Å². The van der Waals surface area contributed by atoms with Crippen molar-refractivity contribution in [1.82, 2.24) is 20.0 Å². The van der Waals surface area contributed by atoms with Gasteiger partial charge in [-0.15, -0.1) is 0 Å². The van der Waals surface area contributed by atoms with Gasteiger partial charge in [0.05, 0.1) is 17.2 Å². The molecule has 3 aliphatic rings. The first-order chi connectivity index (χ1) is 19.8.